The van der Waals surface area contributed by atoms with E-state index >= 15 is 0 Å². The van der Waals surface area contributed by atoms with Gasteiger partial charge in [-0.05, 0) is 38.4 Å². The van der Waals surface area contributed by atoms with Gasteiger partial charge in [0.15, 0.2) is 0 Å². The minimum atomic E-state index is 0.162. The van der Waals surface area contributed by atoms with E-state index in [1.807, 2.05) is 26.1 Å². The number of ether oxygens (including phenoxy) is 2. The lowest BCUT2D eigenvalue weighted by molar-refractivity contribution is 0.0610. The van der Waals surface area contributed by atoms with Crippen LogP contribution in [0.1, 0.15) is 38.8 Å². The Morgan fingerprint density at radius 2 is 2.11 bits per heavy atom. The molecule has 102 valence electrons. The van der Waals surface area contributed by atoms with Crippen molar-refractivity contribution in [2.45, 2.75) is 39.3 Å². The molecule has 0 saturated heterocycles. The maximum Gasteiger partial charge on any atom is 0.137 e. The van der Waals surface area contributed by atoms with E-state index < -0.39 is 0 Å². The van der Waals surface area contributed by atoms with E-state index in [9.17, 15) is 0 Å². The third-order valence-corrected chi connectivity index (χ3v) is 2.61. The van der Waals surface area contributed by atoms with Gasteiger partial charge >= 0.3 is 0 Å². The maximum absolute atomic E-state index is 5.70. The van der Waals surface area contributed by atoms with Gasteiger partial charge in [-0.3, -0.25) is 4.98 Å². The van der Waals surface area contributed by atoms with Crippen LogP contribution >= 0.6 is 0 Å². The first-order valence-corrected chi connectivity index (χ1v) is 6.51. The molecular formula is C14H24N2O2. The van der Waals surface area contributed by atoms with E-state index in [1.165, 1.54) is 0 Å². The largest absolute Gasteiger partial charge is 0.495 e. The van der Waals surface area contributed by atoms with Crippen LogP contribution in [0.2, 0.25) is 0 Å². The van der Waals surface area contributed by atoms with Gasteiger partial charge in [0.25, 0.3) is 0 Å². The summed E-state index contributed by atoms with van der Waals surface area (Å²) < 4.78 is 10.9. The highest BCUT2D eigenvalue weighted by molar-refractivity contribution is 5.26. The minimum absolute atomic E-state index is 0.162. The van der Waals surface area contributed by atoms with Gasteiger partial charge in [0.05, 0.1) is 32.1 Å². The molecule has 4 nitrogen and oxygen atoms in total. The van der Waals surface area contributed by atoms with Gasteiger partial charge in [-0.15, -0.1) is 0 Å². The summed E-state index contributed by atoms with van der Waals surface area (Å²) in [6, 6.07) is 2.17. The highest BCUT2D eigenvalue weighted by Gasteiger charge is 2.13. The van der Waals surface area contributed by atoms with E-state index in [0.29, 0.717) is 6.61 Å². The van der Waals surface area contributed by atoms with E-state index in [0.717, 1.165) is 24.3 Å². The lowest BCUT2D eigenvalue weighted by atomic mass is 10.1. The van der Waals surface area contributed by atoms with Crippen LogP contribution in [0.3, 0.4) is 0 Å². The lowest BCUT2D eigenvalue weighted by Crippen LogP contribution is -2.27. The van der Waals surface area contributed by atoms with Gasteiger partial charge < -0.3 is 14.8 Å². The Morgan fingerprint density at radius 3 is 2.72 bits per heavy atom. The minimum Gasteiger partial charge on any atom is -0.495 e. The standard InChI is InChI=1S/C14H24N2O2/c1-5-6-16-14(10-18-11(2)3)12-7-13(17-4)9-15-8-12/h7-9,11,14,16H,5-6,10H2,1-4H3. The second-order valence-electron chi connectivity index (χ2n) is 4.55. The normalized spacial score (nSPS) is 12.7. The smallest absolute Gasteiger partial charge is 0.137 e. The Hall–Kier alpha value is -1.13. The van der Waals surface area contributed by atoms with Crippen molar-refractivity contribution in [1.82, 2.24) is 10.3 Å². The van der Waals surface area contributed by atoms with Crippen LogP contribution < -0.4 is 10.1 Å². The molecule has 0 aromatic carbocycles. The lowest BCUT2D eigenvalue weighted by Gasteiger charge is -2.20. The number of rotatable bonds is 8. The Balaban J connectivity index is 2.72. The van der Waals surface area contributed by atoms with Crippen LogP contribution in [0.4, 0.5) is 0 Å². The Kier molecular flexibility index (Phi) is 6.68. The predicted octanol–water partition coefficient (Wildman–Crippen LogP) is 2.56. The average molecular weight is 252 g/mol. The topological polar surface area (TPSA) is 43.4 Å². The third-order valence-electron chi connectivity index (χ3n) is 2.61. The monoisotopic (exact) mass is 252 g/mol. The van der Waals surface area contributed by atoms with Crippen LogP contribution in [0.15, 0.2) is 18.5 Å². The molecule has 0 aliphatic heterocycles. The molecule has 0 radical (unpaired) electrons. The molecule has 0 aliphatic carbocycles. The van der Waals surface area contributed by atoms with Gasteiger partial charge in [0, 0.05) is 6.20 Å². The molecule has 0 aliphatic rings. The molecule has 0 saturated carbocycles. The Labute approximate surface area is 110 Å². The number of aromatic nitrogens is 1. The first-order valence-electron chi connectivity index (χ1n) is 6.51. The fraction of sp³-hybridized carbons (Fsp3) is 0.643. The molecule has 1 unspecified atom stereocenters. The molecular weight excluding hydrogens is 228 g/mol. The van der Waals surface area contributed by atoms with Crippen molar-refractivity contribution in [2.24, 2.45) is 0 Å². The number of nitrogens with one attached hydrogen (secondary N) is 1. The summed E-state index contributed by atoms with van der Waals surface area (Å²) >= 11 is 0. The summed E-state index contributed by atoms with van der Waals surface area (Å²) in [5.74, 6) is 0.778. The molecule has 1 heterocycles. The van der Waals surface area contributed by atoms with Gasteiger partial charge in [0.2, 0.25) is 0 Å². The number of hydrogen-bond acceptors (Lipinski definition) is 4. The molecule has 4 heteroatoms. The van der Waals surface area contributed by atoms with E-state index in [1.54, 1.807) is 13.3 Å². The number of pyridine rings is 1. The maximum atomic E-state index is 5.70. The molecule has 1 N–H and O–H groups in total. The zero-order chi connectivity index (χ0) is 13.4. The summed E-state index contributed by atoms with van der Waals surface area (Å²) in [6.45, 7) is 7.84. The highest BCUT2D eigenvalue weighted by atomic mass is 16.5. The molecule has 18 heavy (non-hydrogen) atoms. The van der Waals surface area contributed by atoms with Crippen molar-refractivity contribution in [3.05, 3.63) is 24.0 Å². The van der Waals surface area contributed by atoms with Gasteiger partial charge in [-0.2, -0.15) is 0 Å². The van der Waals surface area contributed by atoms with Gasteiger partial charge in [-0.1, -0.05) is 6.92 Å². The molecule has 1 atom stereocenters. The summed E-state index contributed by atoms with van der Waals surface area (Å²) in [4.78, 5) is 4.19. The SMILES string of the molecule is CCCNC(COC(C)C)c1cncc(OC)c1. The fourth-order valence-electron chi connectivity index (χ4n) is 1.62. The van der Waals surface area contributed by atoms with Crippen molar-refractivity contribution >= 4 is 0 Å². The number of hydrogen-bond donors (Lipinski definition) is 1. The molecule has 1 aromatic heterocycles. The van der Waals surface area contributed by atoms with Gasteiger partial charge in [0.1, 0.15) is 5.75 Å². The zero-order valence-corrected chi connectivity index (χ0v) is 11.8. The number of methoxy groups -OCH3 is 1. The first kappa shape index (κ1) is 14.9. The van der Waals surface area contributed by atoms with Crippen molar-refractivity contribution in [3.8, 4) is 5.75 Å². The molecule has 0 spiro atoms. The zero-order valence-electron chi connectivity index (χ0n) is 11.8. The van der Waals surface area contributed by atoms with E-state index in [-0.39, 0.29) is 12.1 Å². The molecule has 0 bridgehead atoms. The second kappa shape index (κ2) is 8.06. The van der Waals surface area contributed by atoms with Crippen molar-refractivity contribution in [1.29, 1.82) is 0 Å². The van der Waals surface area contributed by atoms with Crippen molar-refractivity contribution in [2.75, 3.05) is 20.3 Å². The Morgan fingerprint density at radius 1 is 1.33 bits per heavy atom. The first-order chi connectivity index (χ1) is 8.67. The average Bonchev–Trinajstić information content (AvgIpc) is 2.38. The summed E-state index contributed by atoms with van der Waals surface area (Å²) in [5.41, 5.74) is 1.10. The van der Waals surface area contributed by atoms with E-state index in [4.69, 9.17) is 9.47 Å². The predicted molar refractivity (Wildman–Crippen MR) is 72.9 cm³/mol. The van der Waals surface area contributed by atoms with Crippen molar-refractivity contribution in [3.63, 3.8) is 0 Å². The van der Waals surface area contributed by atoms with Crippen LogP contribution in [0.5, 0.6) is 5.75 Å². The van der Waals surface area contributed by atoms with E-state index in [2.05, 4.69) is 17.2 Å². The summed E-state index contributed by atoms with van der Waals surface area (Å²) in [7, 11) is 1.65. The molecule has 1 rings (SSSR count). The second-order valence-corrected chi connectivity index (χ2v) is 4.55. The van der Waals surface area contributed by atoms with Crippen LogP contribution in [0.25, 0.3) is 0 Å². The summed E-state index contributed by atoms with van der Waals surface area (Å²) in [5, 5.41) is 3.47. The highest BCUT2D eigenvalue weighted by Crippen LogP contribution is 2.18. The van der Waals surface area contributed by atoms with Crippen molar-refractivity contribution < 1.29 is 9.47 Å². The molecule has 0 fully saturated rings. The van der Waals surface area contributed by atoms with Crippen LogP contribution in [0, 0.1) is 0 Å². The third kappa shape index (κ3) is 5.02. The quantitative estimate of drug-likeness (QED) is 0.772. The van der Waals surface area contributed by atoms with Crippen LogP contribution in [-0.2, 0) is 4.74 Å². The van der Waals surface area contributed by atoms with Gasteiger partial charge in [-0.25, -0.2) is 0 Å². The summed E-state index contributed by atoms with van der Waals surface area (Å²) in [6.07, 6.45) is 4.90. The molecule has 1 aromatic rings. The fourth-order valence-corrected chi connectivity index (χ4v) is 1.62. The Bertz CT molecular complexity index is 342. The number of nitrogens with zero attached hydrogens (tertiary/aromatic N) is 1. The molecule has 0 amide bonds. The van der Waals surface area contributed by atoms with Crippen LogP contribution in [-0.4, -0.2) is 31.3 Å².